The van der Waals surface area contributed by atoms with Crippen molar-refractivity contribution >= 4 is 11.0 Å². The third-order valence-electron chi connectivity index (χ3n) is 7.39. The van der Waals surface area contributed by atoms with E-state index in [4.69, 9.17) is 4.98 Å². The van der Waals surface area contributed by atoms with Gasteiger partial charge in [0.25, 0.3) is 0 Å². The lowest BCUT2D eigenvalue weighted by molar-refractivity contribution is 0.109. The molecule has 2 aromatic heterocycles. The lowest BCUT2D eigenvalue weighted by Crippen LogP contribution is -2.29. The fourth-order valence-corrected chi connectivity index (χ4v) is 5.58. The van der Waals surface area contributed by atoms with E-state index in [-0.39, 0.29) is 12.1 Å². The monoisotopic (exact) mass is 474 g/mol. The molecule has 2 N–H and O–H groups in total. The standard InChI is InChI=1S/C31H30N4O/c32-30-28-27(23-12-6-2-7-13-23)29(24-14-8-3-9-15-24)34(20-22-10-4-1-5-11-22)31(28)33-21-35(30)25-16-18-26(36)19-17-25/h1-15,21,25-26,32,36H,16-20H2/t25-,26-. The first kappa shape index (κ1) is 22.5. The molecule has 3 aromatic carbocycles. The Balaban J connectivity index is 1.66. The molecule has 5 nitrogen and oxygen atoms in total. The van der Waals surface area contributed by atoms with Crippen molar-refractivity contribution in [2.75, 3.05) is 0 Å². The predicted octanol–water partition coefficient (Wildman–Crippen LogP) is 6.18. The van der Waals surface area contributed by atoms with Gasteiger partial charge >= 0.3 is 0 Å². The molecule has 2 heterocycles. The molecule has 0 atom stereocenters. The van der Waals surface area contributed by atoms with Crippen LogP contribution >= 0.6 is 0 Å². The van der Waals surface area contributed by atoms with Crippen molar-refractivity contribution in [3.05, 3.63) is 108 Å². The van der Waals surface area contributed by atoms with E-state index in [2.05, 4.69) is 77.4 Å². The predicted molar refractivity (Wildman–Crippen MR) is 144 cm³/mol. The van der Waals surface area contributed by atoms with Gasteiger partial charge in [-0.2, -0.15) is 0 Å². The van der Waals surface area contributed by atoms with Gasteiger partial charge in [-0.25, -0.2) is 4.98 Å². The molecule has 5 aromatic rings. The molecule has 0 saturated heterocycles. The van der Waals surface area contributed by atoms with Crippen LogP contribution in [0.4, 0.5) is 0 Å². The van der Waals surface area contributed by atoms with E-state index in [0.29, 0.717) is 12.0 Å². The first-order valence-electron chi connectivity index (χ1n) is 12.7. The van der Waals surface area contributed by atoms with Crippen LogP contribution in [0.25, 0.3) is 33.4 Å². The van der Waals surface area contributed by atoms with Crippen LogP contribution in [0.5, 0.6) is 0 Å². The van der Waals surface area contributed by atoms with Crippen LogP contribution in [0.1, 0.15) is 37.3 Å². The van der Waals surface area contributed by atoms with Crippen molar-refractivity contribution in [3.8, 4) is 22.4 Å². The molecule has 0 bridgehead atoms. The number of hydrogen-bond donors (Lipinski definition) is 2. The van der Waals surface area contributed by atoms with Crippen LogP contribution in [0.3, 0.4) is 0 Å². The second kappa shape index (κ2) is 9.59. The highest BCUT2D eigenvalue weighted by Gasteiger charge is 2.26. The van der Waals surface area contributed by atoms with Crippen molar-refractivity contribution in [3.63, 3.8) is 0 Å². The molecule has 1 aliphatic carbocycles. The molecule has 0 amide bonds. The Morgan fingerprint density at radius 1 is 0.778 bits per heavy atom. The Hall–Kier alpha value is -3.96. The molecule has 0 unspecified atom stereocenters. The van der Waals surface area contributed by atoms with Gasteiger partial charge in [0, 0.05) is 18.2 Å². The summed E-state index contributed by atoms with van der Waals surface area (Å²) in [5.74, 6) is 0. The summed E-state index contributed by atoms with van der Waals surface area (Å²) in [7, 11) is 0. The molecule has 5 heteroatoms. The van der Waals surface area contributed by atoms with Gasteiger partial charge in [-0.05, 0) is 42.4 Å². The minimum absolute atomic E-state index is 0.180. The minimum Gasteiger partial charge on any atom is -0.393 e. The zero-order valence-electron chi connectivity index (χ0n) is 20.2. The average molecular weight is 475 g/mol. The van der Waals surface area contributed by atoms with E-state index >= 15 is 0 Å². The fraction of sp³-hybridized carbons (Fsp3) is 0.226. The van der Waals surface area contributed by atoms with Gasteiger partial charge in [0.1, 0.15) is 11.1 Å². The highest BCUT2D eigenvalue weighted by molar-refractivity contribution is 6.02. The van der Waals surface area contributed by atoms with Gasteiger partial charge < -0.3 is 14.2 Å². The summed E-state index contributed by atoms with van der Waals surface area (Å²) >= 11 is 0. The van der Waals surface area contributed by atoms with Crippen molar-refractivity contribution in [1.29, 1.82) is 5.41 Å². The van der Waals surface area contributed by atoms with E-state index in [1.807, 2.05) is 29.1 Å². The number of benzene rings is 3. The van der Waals surface area contributed by atoms with Crippen molar-refractivity contribution < 1.29 is 5.11 Å². The second-order valence-corrected chi connectivity index (χ2v) is 9.69. The summed E-state index contributed by atoms with van der Waals surface area (Å²) in [4.78, 5) is 5.01. The number of nitrogens with one attached hydrogen (secondary N) is 1. The maximum atomic E-state index is 10.0. The molecule has 6 rings (SSSR count). The Bertz CT molecular complexity index is 1530. The third kappa shape index (κ3) is 4.06. The SMILES string of the molecule is N=c1c2c(-c3ccccc3)c(-c3ccccc3)n(Cc3ccccc3)c2ncn1[C@H]1CC[C@H](O)CC1. The fourth-order valence-electron chi connectivity index (χ4n) is 5.58. The van der Waals surface area contributed by atoms with E-state index in [0.717, 1.165) is 59.1 Å². The van der Waals surface area contributed by atoms with E-state index < -0.39 is 0 Å². The molecular weight excluding hydrogens is 444 g/mol. The lowest BCUT2D eigenvalue weighted by Gasteiger charge is -2.27. The lowest BCUT2D eigenvalue weighted by atomic mass is 9.93. The summed E-state index contributed by atoms with van der Waals surface area (Å²) < 4.78 is 4.30. The Kier molecular flexibility index (Phi) is 5.99. The Morgan fingerprint density at radius 3 is 2.00 bits per heavy atom. The smallest absolute Gasteiger partial charge is 0.146 e. The van der Waals surface area contributed by atoms with Crippen molar-refractivity contribution in [1.82, 2.24) is 14.1 Å². The first-order chi connectivity index (χ1) is 17.7. The Labute approximate surface area is 210 Å². The maximum absolute atomic E-state index is 10.0. The van der Waals surface area contributed by atoms with Gasteiger partial charge in [0.05, 0.1) is 23.5 Å². The van der Waals surface area contributed by atoms with Crippen molar-refractivity contribution in [2.45, 2.75) is 44.4 Å². The first-order valence-corrected chi connectivity index (χ1v) is 12.7. The number of nitrogens with zero attached hydrogens (tertiary/aromatic N) is 3. The molecule has 180 valence electrons. The van der Waals surface area contributed by atoms with Crippen molar-refractivity contribution in [2.24, 2.45) is 0 Å². The zero-order valence-corrected chi connectivity index (χ0v) is 20.2. The van der Waals surface area contributed by atoms with Crippen LogP contribution < -0.4 is 5.49 Å². The third-order valence-corrected chi connectivity index (χ3v) is 7.39. The second-order valence-electron chi connectivity index (χ2n) is 9.69. The van der Waals surface area contributed by atoms with E-state index in [1.54, 1.807) is 0 Å². The summed E-state index contributed by atoms with van der Waals surface area (Å²) in [5, 5.41) is 20.3. The molecular formula is C31H30N4O. The Morgan fingerprint density at radius 2 is 1.36 bits per heavy atom. The maximum Gasteiger partial charge on any atom is 0.146 e. The average Bonchev–Trinajstić information content (AvgIpc) is 3.26. The molecule has 1 fully saturated rings. The van der Waals surface area contributed by atoms with Crippen LogP contribution in [-0.2, 0) is 6.54 Å². The van der Waals surface area contributed by atoms with Gasteiger partial charge in [-0.1, -0.05) is 91.0 Å². The summed E-state index contributed by atoms with van der Waals surface area (Å²) in [6.07, 6.45) is 4.88. The highest BCUT2D eigenvalue weighted by Crippen LogP contribution is 2.40. The van der Waals surface area contributed by atoms with Gasteiger partial charge in [-0.15, -0.1) is 0 Å². The largest absolute Gasteiger partial charge is 0.393 e. The molecule has 1 saturated carbocycles. The van der Waals surface area contributed by atoms with E-state index in [1.165, 1.54) is 5.56 Å². The normalized spacial score (nSPS) is 17.9. The summed E-state index contributed by atoms with van der Waals surface area (Å²) in [6.45, 7) is 0.667. The molecule has 36 heavy (non-hydrogen) atoms. The van der Waals surface area contributed by atoms with Gasteiger partial charge in [0.2, 0.25) is 0 Å². The highest BCUT2D eigenvalue weighted by atomic mass is 16.3. The molecule has 0 aliphatic heterocycles. The summed E-state index contributed by atoms with van der Waals surface area (Å²) in [6, 6.07) is 31.5. The number of fused-ring (bicyclic) bond motifs is 1. The summed E-state index contributed by atoms with van der Waals surface area (Å²) in [5.41, 5.74) is 6.83. The van der Waals surface area contributed by atoms with Crippen LogP contribution in [-0.4, -0.2) is 25.3 Å². The van der Waals surface area contributed by atoms with E-state index in [9.17, 15) is 10.5 Å². The minimum atomic E-state index is -0.232. The van der Waals surface area contributed by atoms with Crippen LogP contribution in [0.2, 0.25) is 0 Å². The quantitative estimate of drug-likeness (QED) is 0.320. The number of aliphatic hydroxyl groups is 1. The molecule has 1 aliphatic rings. The number of rotatable bonds is 5. The zero-order chi connectivity index (χ0) is 24.5. The van der Waals surface area contributed by atoms with Crippen LogP contribution in [0.15, 0.2) is 97.3 Å². The van der Waals surface area contributed by atoms with Crippen LogP contribution in [0, 0.1) is 5.41 Å². The molecule has 0 radical (unpaired) electrons. The molecule has 0 spiro atoms. The number of aliphatic hydroxyl groups excluding tert-OH is 1. The topological polar surface area (TPSA) is 66.8 Å². The number of hydrogen-bond acceptors (Lipinski definition) is 3. The van der Waals surface area contributed by atoms with Gasteiger partial charge in [-0.3, -0.25) is 5.41 Å². The number of aromatic nitrogens is 3. The van der Waals surface area contributed by atoms with Gasteiger partial charge in [0.15, 0.2) is 0 Å².